The Balaban J connectivity index is 1.77. The lowest BCUT2D eigenvalue weighted by atomic mass is 10.2. The molecule has 2 amide bonds. The van der Waals surface area contributed by atoms with Crippen molar-refractivity contribution in [2.75, 3.05) is 18.4 Å². The molecule has 0 radical (unpaired) electrons. The van der Waals surface area contributed by atoms with Crippen molar-refractivity contribution in [3.63, 3.8) is 0 Å². The normalized spacial score (nSPS) is 11.8. The maximum absolute atomic E-state index is 12.2. The number of thiophene rings is 1. The summed E-state index contributed by atoms with van der Waals surface area (Å²) in [6.45, 7) is -1.36. The van der Waals surface area contributed by atoms with Gasteiger partial charge >= 0.3 is 6.18 Å². The largest absolute Gasteiger partial charge is 0.402 e. The van der Waals surface area contributed by atoms with Gasteiger partial charge in [0.25, 0.3) is 5.91 Å². The van der Waals surface area contributed by atoms with E-state index in [0.717, 1.165) is 12.1 Å². The smallest absolute Gasteiger partial charge is 0.352 e. The fourth-order valence-electron chi connectivity index (χ4n) is 2.15. The zero-order valence-corrected chi connectivity index (χ0v) is 16.6. The van der Waals surface area contributed by atoms with E-state index in [1.165, 1.54) is 28.2 Å². The van der Waals surface area contributed by atoms with E-state index in [0.29, 0.717) is 24.2 Å². The number of hydrogen-bond acceptors (Lipinski definition) is 5. The topological polar surface area (TPSA) is 104 Å². The summed E-state index contributed by atoms with van der Waals surface area (Å²) < 4.78 is 61.5. The van der Waals surface area contributed by atoms with E-state index in [2.05, 4.69) is 10.6 Å². The van der Waals surface area contributed by atoms with Crippen LogP contribution in [0.2, 0.25) is 0 Å². The molecule has 1 heterocycles. The first kappa shape index (κ1) is 22.8. The van der Waals surface area contributed by atoms with Gasteiger partial charge in [0.15, 0.2) is 0 Å². The fourth-order valence-corrected chi connectivity index (χ4v) is 3.80. The van der Waals surface area contributed by atoms with Crippen LogP contribution in [0.15, 0.2) is 46.0 Å². The Hall–Kier alpha value is -2.44. The molecule has 0 saturated heterocycles. The molecule has 29 heavy (non-hydrogen) atoms. The molecule has 7 nitrogen and oxygen atoms in total. The maximum Gasteiger partial charge on any atom is 0.402 e. The molecule has 0 unspecified atom stereocenters. The molecule has 0 aliphatic heterocycles. The van der Waals surface area contributed by atoms with Crippen LogP contribution in [-0.4, -0.2) is 39.5 Å². The van der Waals surface area contributed by atoms with Gasteiger partial charge in [-0.15, -0.1) is 0 Å². The highest BCUT2D eigenvalue weighted by Crippen LogP contribution is 2.17. The Morgan fingerprint density at radius 3 is 2.34 bits per heavy atom. The number of amides is 2. The van der Waals surface area contributed by atoms with Gasteiger partial charge in [0.1, 0.15) is 6.54 Å². The van der Waals surface area contributed by atoms with E-state index in [4.69, 9.17) is 0 Å². The highest BCUT2D eigenvalue weighted by molar-refractivity contribution is 7.89. The van der Waals surface area contributed by atoms with Crippen LogP contribution in [0.25, 0.3) is 0 Å². The Morgan fingerprint density at radius 1 is 1.07 bits per heavy atom. The molecule has 2 rings (SSSR count). The summed E-state index contributed by atoms with van der Waals surface area (Å²) in [5.41, 5.74) is 0.853. The predicted molar refractivity (Wildman–Crippen MR) is 102 cm³/mol. The van der Waals surface area contributed by atoms with Crippen molar-refractivity contribution in [3.05, 3.63) is 46.7 Å². The molecule has 0 saturated carbocycles. The summed E-state index contributed by atoms with van der Waals surface area (Å²) in [4.78, 5) is 23.3. The molecule has 0 aliphatic rings. The molecule has 1 aromatic heterocycles. The number of benzene rings is 1. The molecule has 0 aliphatic carbocycles. The third-order valence-electron chi connectivity index (χ3n) is 3.56. The van der Waals surface area contributed by atoms with Crippen LogP contribution in [0.1, 0.15) is 23.2 Å². The van der Waals surface area contributed by atoms with Gasteiger partial charge in [-0.25, -0.2) is 13.1 Å². The summed E-state index contributed by atoms with van der Waals surface area (Å²) in [6, 6.07) is 6.43. The number of alkyl halides is 3. The number of nitrogens with one attached hydrogen (secondary N) is 3. The van der Waals surface area contributed by atoms with Crippen molar-refractivity contribution < 1.29 is 31.2 Å². The number of sulfonamides is 1. The zero-order valence-electron chi connectivity index (χ0n) is 15.0. The van der Waals surface area contributed by atoms with Crippen LogP contribution in [0, 0.1) is 0 Å². The second-order valence-corrected chi connectivity index (χ2v) is 8.43. The van der Waals surface area contributed by atoms with Gasteiger partial charge in [0.2, 0.25) is 15.9 Å². The Kier molecular flexibility index (Phi) is 7.76. The van der Waals surface area contributed by atoms with Gasteiger partial charge in [-0.05, 0) is 42.1 Å². The van der Waals surface area contributed by atoms with Crippen LogP contribution in [0.5, 0.6) is 0 Å². The van der Waals surface area contributed by atoms with E-state index in [1.807, 2.05) is 0 Å². The number of halogens is 3. The molecule has 3 N–H and O–H groups in total. The summed E-state index contributed by atoms with van der Waals surface area (Å²) in [5, 5.41) is 8.73. The van der Waals surface area contributed by atoms with E-state index < -0.39 is 22.7 Å². The van der Waals surface area contributed by atoms with Gasteiger partial charge in [-0.3, -0.25) is 9.59 Å². The monoisotopic (exact) mass is 449 g/mol. The van der Waals surface area contributed by atoms with Crippen LogP contribution < -0.4 is 15.4 Å². The lowest BCUT2D eigenvalue weighted by Gasteiger charge is -2.10. The highest BCUT2D eigenvalue weighted by atomic mass is 32.2. The molecule has 0 spiro atoms. The minimum Gasteiger partial charge on any atom is -0.352 e. The first-order valence-electron chi connectivity index (χ1n) is 8.33. The molecular weight excluding hydrogens is 431 g/mol. The van der Waals surface area contributed by atoms with E-state index >= 15 is 0 Å². The molecule has 1 aromatic carbocycles. The van der Waals surface area contributed by atoms with E-state index in [1.54, 1.807) is 16.8 Å². The van der Waals surface area contributed by atoms with Gasteiger partial charge in [0, 0.05) is 29.6 Å². The number of hydrogen-bond donors (Lipinski definition) is 3. The molecule has 158 valence electrons. The minimum atomic E-state index is -4.66. The SMILES string of the molecule is O=C(CCCNC(=O)c1ccsc1)Nc1ccc(S(=O)(=O)NCC(F)(F)F)cc1. The predicted octanol–water partition coefficient (Wildman–Crippen LogP) is 2.74. The minimum absolute atomic E-state index is 0.122. The van der Waals surface area contributed by atoms with Gasteiger partial charge in [-0.1, -0.05) is 0 Å². The van der Waals surface area contributed by atoms with Crippen molar-refractivity contribution >= 4 is 38.9 Å². The third kappa shape index (κ3) is 7.83. The molecular formula is C17H18F3N3O4S2. The van der Waals surface area contributed by atoms with Gasteiger partial charge in [0.05, 0.1) is 4.90 Å². The second-order valence-electron chi connectivity index (χ2n) is 5.88. The molecule has 0 atom stereocenters. The Morgan fingerprint density at radius 2 is 1.76 bits per heavy atom. The summed E-state index contributed by atoms with van der Waals surface area (Å²) in [6.07, 6.45) is -4.14. The average molecular weight is 449 g/mol. The Bertz CT molecular complexity index is 928. The molecule has 12 heteroatoms. The Labute approximate surface area is 169 Å². The molecule has 0 fully saturated rings. The van der Waals surface area contributed by atoms with Crippen molar-refractivity contribution in [1.29, 1.82) is 0 Å². The van der Waals surface area contributed by atoms with Crippen molar-refractivity contribution in [2.24, 2.45) is 0 Å². The maximum atomic E-state index is 12.2. The quantitative estimate of drug-likeness (QED) is 0.512. The van der Waals surface area contributed by atoms with Crippen molar-refractivity contribution in [1.82, 2.24) is 10.0 Å². The lowest BCUT2D eigenvalue weighted by molar-refractivity contribution is -0.121. The van der Waals surface area contributed by atoms with Gasteiger partial charge in [-0.2, -0.15) is 24.5 Å². The van der Waals surface area contributed by atoms with Crippen LogP contribution >= 0.6 is 11.3 Å². The van der Waals surface area contributed by atoms with Crippen molar-refractivity contribution in [2.45, 2.75) is 23.9 Å². The second kappa shape index (κ2) is 9.85. The number of carbonyl (C=O) groups excluding carboxylic acids is 2. The number of rotatable bonds is 9. The molecule has 2 aromatic rings. The van der Waals surface area contributed by atoms with Crippen molar-refractivity contribution in [3.8, 4) is 0 Å². The standard InChI is InChI=1S/C17H18F3N3O4S2/c18-17(19,20)11-22-29(26,27)14-5-3-13(4-6-14)23-15(24)2-1-8-21-16(25)12-7-9-28-10-12/h3-7,9-10,22H,1-2,8,11H2,(H,21,25)(H,23,24). The zero-order chi connectivity index (χ0) is 21.5. The van der Waals surface area contributed by atoms with Crippen LogP contribution in [-0.2, 0) is 14.8 Å². The third-order valence-corrected chi connectivity index (χ3v) is 5.66. The van der Waals surface area contributed by atoms with Gasteiger partial charge < -0.3 is 10.6 Å². The first-order valence-corrected chi connectivity index (χ1v) is 10.8. The average Bonchev–Trinajstić information content (AvgIpc) is 3.18. The molecule has 0 bridgehead atoms. The number of anilines is 1. The highest BCUT2D eigenvalue weighted by Gasteiger charge is 2.30. The first-order chi connectivity index (χ1) is 13.6. The summed E-state index contributed by atoms with van der Waals surface area (Å²) in [5.74, 6) is -0.567. The van der Waals surface area contributed by atoms with Crippen LogP contribution in [0.4, 0.5) is 18.9 Å². The van der Waals surface area contributed by atoms with E-state index in [9.17, 15) is 31.2 Å². The summed E-state index contributed by atoms with van der Waals surface area (Å²) in [7, 11) is -4.31. The number of carbonyl (C=O) groups is 2. The van der Waals surface area contributed by atoms with Crippen LogP contribution in [0.3, 0.4) is 0 Å². The summed E-state index contributed by atoms with van der Waals surface area (Å²) >= 11 is 1.40. The van der Waals surface area contributed by atoms with E-state index in [-0.39, 0.29) is 23.1 Å². The lowest BCUT2D eigenvalue weighted by Crippen LogP contribution is -2.33. The fraction of sp³-hybridized carbons (Fsp3) is 0.294.